The Labute approximate surface area is 201 Å². The summed E-state index contributed by atoms with van der Waals surface area (Å²) in [5.74, 6) is 0.572. The van der Waals surface area contributed by atoms with Crippen molar-refractivity contribution in [1.29, 1.82) is 0 Å². The number of anilines is 1. The van der Waals surface area contributed by atoms with Crippen LogP contribution in [0.4, 0.5) is 14.6 Å². The van der Waals surface area contributed by atoms with Gasteiger partial charge in [-0.2, -0.15) is 0 Å². The lowest BCUT2D eigenvalue weighted by Gasteiger charge is -2.35. The summed E-state index contributed by atoms with van der Waals surface area (Å²) in [5, 5.41) is 4.48. The lowest BCUT2D eigenvalue weighted by Crippen LogP contribution is -2.50. The number of hydrogen-bond donors (Lipinski definition) is 0. The number of carbonyl (C=O) groups is 1. The summed E-state index contributed by atoms with van der Waals surface area (Å²) >= 11 is 0. The lowest BCUT2D eigenvalue weighted by molar-refractivity contribution is -0.132. The number of hydrogen-bond acceptors (Lipinski definition) is 5. The highest BCUT2D eigenvalue weighted by molar-refractivity contribution is 5.77. The summed E-state index contributed by atoms with van der Waals surface area (Å²) < 4.78 is 29.2. The first-order valence-electron chi connectivity index (χ1n) is 11.4. The van der Waals surface area contributed by atoms with Gasteiger partial charge in [-0.3, -0.25) is 4.79 Å². The predicted octanol–water partition coefficient (Wildman–Crippen LogP) is 3.94. The number of amides is 1. The summed E-state index contributed by atoms with van der Waals surface area (Å²) in [5.41, 5.74) is 2.11. The maximum absolute atomic E-state index is 13.9. The van der Waals surface area contributed by atoms with Crippen LogP contribution < -0.4 is 4.90 Å². The third-order valence-electron chi connectivity index (χ3n) is 5.98. The van der Waals surface area contributed by atoms with Gasteiger partial charge in [-0.25, -0.2) is 23.4 Å². The summed E-state index contributed by atoms with van der Waals surface area (Å²) in [6, 6.07) is 15.9. The fourth-order valence-corrected chi connectivity index (χ4v) is 4.15. The Morgan fingerprint density at radius 2 is 1.60 bits per heavy atom. The van der Waals surface area contributed by atoms with Gasteiger partial charge in [0.25, 0.3) is 0 Å². The first kappa shape index (κ1) is 22.6. The van der Waals surface area contributed by atoms with Crippen LogP contribution >= 0.6 is 0 Å². The molecular formula is C26H24F2N6O. The van der Waals surface area contributed by atoms with E-state index >= 15 is 0 Å². The molecule has 0 atom stereocenters. The average molecular weight is 475 g/mol. The van der Waals surface area contributed by atoms with Crippen molar-refractivity contribution in [2.24, 2.45) is 0 Å². The Balaban J connectivity index is 1.36. The van der Waals surface area contributed by atoms with Crippen molar-refractivity contribution >= 4 is 11.7 Å². The Bertz CT molecular complexity index is 1360. The molecule has 2 aromatic carbocycles. The molecule has 3 heterocycles. The van der Waals surface area contributed by atoms with Gasteiger partial charge in [0.2, 0.25) is 5.91 Å². The van der Waals surface area contributed by atoms with E-state index in [2.05, 4.69) is 20.0 Å². The van der Waals surface area contributed by atoms with Crippen LogP contribution in [0.15, 0.2) is 66.9 Å². The van der Waals surface area contributed by atoms with E-state index in [0.29, 0.717) is 43.1 Å². The molecule has 0 radical (unpaired) electrons. The molecule has 0 bridgehead atoms. The van der Waals surface area contributed by atoms with E-state index in [0.717, 1.165) is 11.4 Å². The van der Waals surface area contributed by atoms with Crippen LogP contribution in [-0.4, -0.2) is 56.7 Å². The molecule has 0 aliphatic carbocycles. The Hall–Kier alpha value is -4.14. The first-order valence-corrected chi connectivity index (χ1v) is 11.4. The van der Waals surface area contributed by atoms with E-state index in [1.54, 1.807) is 35.4 Å². The van der Waals surface area contributed by atoms with Crippen LogP contribution in [0.2, 0.25) is 0 Å². The standard InChI is InChI=1S/C26H24F2N6O/c1-18-8-9-29-23(14-18)32-10-12-33(13-11-32)24(35)17-34-26(20-5-3-7-22(28)16-20)30-25(31-34)19-4-2-6-21(27)15-19/h2-9,14-16H,10-13,17H2,1H3. The average Bonchev–Trinajstić information content (AvgIpc) is 3.28. The molecule has 1 saturated heterocycles. The summed E-state index contributed by atoms with van der Waals surface area (Å²) in [6.45, 7) is 4.41. The smallest absolute Gasteiger partial charge is 0.244 e. The zero-order valence-electron chi connectivity index (χ0n) is 19.2. The minimum Gasteiger partial charge on any atom is -0.353 e. The van der Waals surface area contributed by atoms with Crippen LogP contribution in [0.3, 0.4) is 0 Å². The van der Waals surface area contributed by atoms with Crippen molar-refractivity contribution in [1.82, 2.24) is 24.6 Å². The van der Waals surface area contributed by atoms with Gasteiger partial charge in [0, 0.05) is 43.5 Å². The molecule has 0 N–H and O–H groups in total. The molecule has 1 aliphatic rings. The number of aryl methyl sites for hydroxylation is 1. The number of benzene rings is 2. The predicted molar refractivity (Wildman–Crippen MR) is 129 cm³/mol. The number of pyridine rings is 1. The number of carbonyl (C=O) groups excluding carboxylic acids is 1. The summed E-state index contributed by atoms with van der Waals surface area (Å²) in [6.07, 6.45) is 1.79. The van der Waals surface area contributed by atoms with Gasteiger partial charge in [0.1, 0.15) is 24.0 Å². The van der Waals surface area contributed by atoms with E-state index in [-0.39, 0.29) is 18.3 Å². The quantitative estimate of drug-likeness (QED) is 0.438. The van der Waals surface area contributed by atoms with Crippen molar-refractivity contribution < 1.29 is 13.6 Å². The van der Waals surface area contributed by atoms with E-state index in [9.17, 15) is 13.6 Å². The topological polar surface area (TPSA) is 67.2 Å². The Kier molecular flexibility index (Phi) is 6.22. The molecule has 0 spiro atoms. The monoisotopic (exact) mass is 474 g/mol. The van der Waals surface area contributed by atoms with Gasteiger partial charge in [-0.15, -0.1) is 5.10 Å². The van der Waals surface area contributed by atoms with Gasteiger partial charge in [0.05, 0.1) is 0 Å². The number of rotatable bonds is 5. The molecule has 35 heavy (non-hydrogen) atoms. The van der Waals surface area contributed by atoms with Crippen LogP contribution in [0.25, 0.3) is 22.8 Å². The van der Waals surface area contributed by atoms with E-state index < -0.39 is 11.6 Å². The van der Waals surface area contributed by atoms with Crippen LogP contribution in [0.5, 0.6) is 0 Å². The second-order valence-corrected chi connectivity index (χ2v) is 8.50. The van der Waals surface area contributed by atoms with Crippen molar-refractivity contribution in [3.8, 4) is 22.8 Å². The summed E-state index contributed by atoms with van der Waals surface area (Å²) in [4.78, 5) is 26.1. The van der Waals surface area contributed by atoms with E-state index in [4.69, 9.17) is 0 Å². The molecule has 4 aromatic rings. The molecule has 0 saturated carbocycles. The number of aromatic nitrogens is 4. The molecule has 0 unspecified atom stereocenters. The first-order chi connectivity index (χ1) is 17.0. The van der Waals surface area contributed by atoms with Crippen molar-refractivity contribution in [2.45, 2.75) is 13.5 Å². The van der Waals surface area contributed by atoms with Crippen molar-refractivity contribution in [2.75, 3.05) is 31.1 Å². The molecule has 1 fully saturated rings. The van der Waals surface area contributed by atoms with Crippen LogP contribution in [-0.2, 0) is 11.3 Å². The minimum atomic E-state index is -0.420. The van der Waals surface area contributed by atoms with E-state index in [1.807, 2.05) is 19.1 Å². The molecule has 1 aliphatic heterocycles. The zero-order valence-corrected chi connectivity index (χ0v) is 19.2. The normalized spacial score (nSPS) is 13.8. The number of nitrogens with zero attached hydrogens (tertiary/aromatic N) is 6. The maximum Gasteiger partial charge on any atom is 0.244 e. The van der Waals surface area contributed by atoms with Crippen molar-refractivity contribution in [3.63, 3.8) is 0 Å². The third-order valence-corrected chi connectivity index (χ3v) is 5.98. The largest absolute Gasteiger partial charge is 0.353 e. The van der Waals surface area contributed by atoms with Gasteiger partial charge in [0.15, 0.2) is 11.6 Å². The maximum atomic E-state index is 13.9. The molecular weight excluding hydrogens is 450 g/mol. The van der Waals surface area contributed by atoms with Crippen LogP contribution in [0, 0.1) is 18.6 Å². The fraction of sp³-hybridized carbons (Fsp3) is 0.231. The van der Waals surface area contributed by atoms with E-state index in [1.165, 1.54) is 28.9 Å². The molecule has 5 rings (SSSR count). The second kappa shape index (κ2) is 9.61. The molecule has 9 heteroatoms. The molecule has 2 aromatic heterocycles. The van der Waals surface area contributed by atoms with Crippen LogP contribution in [0.1, 0.15) is 5.56 Å². The molecule has 7 nitrogen and oxygen atoms in total. The van der Waals surface area contributed by atoms with Crippen molar-refractivity contribution in [3.05, 3.63) is 84.1 Å². The van der Waals surface area contributed by atoms with Gasteiger partial charge in [-0.1, -0.05) is 24.3 Å². The summed E-state index contributed by atoms with van der Waals surface area (Å²) in [7, 11) is 0. The molecule has 178 valence electrons. The number of halogens is 2. The second-order valence-electron chi connectivity index (χ2n) is 8.50. The van der Waals surface area contributed by atoms with Gasteiger partial charge >= 0.3 is 0 Å². The Morgan fingerprint density at radius 3 is 2.29 bits per heavy atom. The van der Waals surface area contributed by atoms with Gasteiger partial charge in [-0.05, 0) is 48.9 Å². The fourth-order valence-electron chi connectivity index (χ4n) is 4.15. The lowest BCUT2D eigenvalue weighted by atomic mass is 10.2. The number of piperazine rings is 1. The Morgan fingerprint density at radius 1 is 0.914 bits per heavy atom. The molecule has 1 amide bonds. The third kappa shape index (κ3) is 5.03. The minimum absolute atomic E-state index is 0.0587. The van der Waals surface area contributed by atoms with Gasteiger partial charge < -0.3 is 9.80 Å². The highest BCUT2D eigenvalue weighted by atomic mass is 19.1. The highest BCUT2D eigenvalue weighted by Crippen LogP contribution is 2.24. The SMILES string of the molecule is Cc1ccnc(N2CCN(C(=O)Cn3nc(-c4cccc(F)c4)nc3-c3cccc(F)c3)CC2)c1. The highest BCUT2D eigenvalue weighted by Gasteiger charge is 2.24. The zero-order chi connectivity index (χ0) is 24.4.